The van der Waals surface area contributed by atoms with Crippen LogP contribution in [-0.4, -0.2) is 11.2 Å². The molecule has 2 nitrogen and oxygen atoms in total. The van der Waals surface area contributed by atoms with Crippen molar-refractivity contribution in [1.29, 1.82) is 0 Å². The van der Waals surface area contributed by atoms with Gasteiger partial charge in [0.1, 0.15) is 11.3 Å². The summed E-state index contributed by atoms with van der Waals surface area (Å²) < 4.78 is 4.55. The molecule has 0 unspecified atom stereocenters. The third kappa shape index (κ3) is 0.962. The minimum Gasteiger partial charge on any atom is -0.440 e. The lowest BCUT2D eigenvalue weighted by molar-refractivity contribution is 0.545. The average Bonchev–Trinajstić information content (AvgIpc) is 2.14. The van der Waals surface area contributed by atoms with Gasteiger partial charge in [0.2, 0.25) is 0 Å². The zero-order valence-corrected chi connectivity index (χ0v) is 4.66. The molecular weight excluding hydrogens is 110 g/mol. The van der Waals surface area contributed by atoms with Crippen molar-refractivity contribution in [2.45, 2.75) is 5.03 Å². The highest BCUT2D eigenvalue weighted by Gasteiger charge is 1.87. The largest absolute Gasteiger partial charge is 0.440 e. The van der Waals surface area contributed by atoms with Crippen LogP contribution in [-0.2, 0) is 0 Å². The summed E-state index contributed by atoms with van der Waals surface area (Å²) in [5.74, 6) is 0. The molecule has 0 fully saturated rings. The number of oxazole rings is 1. The molecule has 1 radical (unpaired) electrons. The molecule has 7 heavy (non-hydrogen) atoms. The van der Waals surface area contributed by atoms with Gasteiger partial charge in [0.05, 0.1) is 0 Å². The summed E-state index contributed by atoms with van der Waals surface area (Å²) in [4.78, 5) is 3.71. The lowest BCUT2D eigenvalue weighted by Crippen LogP contribution is -1.60. The van der Waals surface area contributed by atoms with E-state index in [0.717, 1.165) is 5.03 Å². The first-order valence-corrected chi connectivity index (χ1v) is 3.01. The van der Waals surface area contributed by atoms with E-state index in [4.69, 9.17) is 0 Å². The standard InChI is InChI=1S/C4H4NOS/c1-7-4-2-6-3-5-4/h2H,1H3. The fourth-order valence-electron chi connectivity index (χ4n) is 0.268. The van der Waals surface area contributed by atoms with E-state index < -0.39 is 0 Å². The molecule has 0 saturated heterocycles. The van der Waals surface area contributed by atoms with Crippen LogP contribution < -0.4 is 0 Å². The van der Waals surface area contributed by atoms with Crippen LogP contribution in [0.15, 0.2) is 15.7 Å². The summed E-state index contributed by atoms with van der Waals surface area (Å²) in [5.41, 5.74) is 0. The van der Waals surface area contributed by atoms with Crippen molar-refractivity contribution in [2.75, 3.05) is 6.26 Å². The maximum atomic E-state index is 4.55. The molecule has 0 N–H and O–H groups in total. The highest BCUT2D eigenvalue weighted by atomic mass is 32.2. The van der Waals surface area contributed by atoms with Crippen LogP contribution in [0.25, 0.3) is 0 Å². The van der Waals surface area contributed by atoms with E-state index in [1.54, 1.807) is 6.26 Å². The molecule has 1 aromatic heterocycles. The quantitative estimate of drug-likeness (QED) is 0.513. The van der Waals surface area contributed by atoms with Gasteiger partial charge in [-0.3, -0.25) is 0 Å². The molecule has 0 aromatic carbocycles. The second-order valence-electron chi connectivity index (χ2n) is 0.981. The zero-order valence-electron chi connectivity index (χ0n) is 3.84. The molecule has 1 aromatic rings. The molecule has 0 atom stereocenters. The van der Waals surface area contributed by atoms with Gasteiger partial charge >= 0.3 is 0 Å². The molecule has 0 aliphatic heterocycles. The third-order valence-electron chi connectivity index (χ3n) is 0.577. The van der Waals surface area contributed by atoms with Crippen LogP contribution in [0.5, 0.6) is 0 Å². The van der Waals surface area contributed by atoms with Crippen molar-refractivity contribution in [1.82, 2.24) is 4.98 Å². The van der Waals surface area contributed by atoms with Gasteiger partial charge in [-0.15, -0.1) is 11.8 Å². The zero-order chi connectivity index (χ0) is 5.11. The molecule has 0 bridgehead atoms. The van der Waals surface area contributed by atoms with E-state index in [2.05, 4.69) is 15.8 Å². The van der Waals surface area contributed by atoms with Crippen LogP contribution >= 0.6 is 11.8 Å². The van der Waals surface area contributed by atoms with Gasteiger partial charge in [-0.1, -0.05) is 0 Å². The maximum absolute atomic E-state index is 4.55. The monoisotopic (exact) mass is 114 g/mol. The molecule has 0 amide bonds. The topological polar surface area (TPSA) is 26.0 Å². The van der Waals surface area contributed by atoms with E-state index in [9.17, 15) is 0 Å². The number of rotatable bonds is 1. The summed E-state index contributed by atoms with van der Waals surface area (Å²) in [7, 11) is 0. The van der Waals surface area contributed by atoms with Gasteiger partial charge < -0.3 is 4.42 Å². The van der Waals surface area contributed by atoms with Crippen LogP contribution in [0, 0.1) is 6.39 Å². The van der Waals surface area contributed by atoms with E-state index in [-0.39, 0.29) is 0 Å². The van der Waals surface area contributed by atoms with Crippen molar-refractivity contribution in [2.24, 2.45) is 0 Å². The van der Waals surface area contributed by atoms with E-state index in [1.807, 2.05) is 6.26 Å². The molecular formula is C4H4NOS. The van der Waals surface area contributed by atoms with Crippen molar-refractivity contribution in [3.8, 4) is 0 Å². The first-order valence-electron chi connectivity index (χ1n) is 1.79. The van der Waals surface area contributed by atoms with Gasteiger partial charge in [-0.25, -0.2) is 0 Å². The predicted octanol–water partition coefficient (Wildman–Crippen LogP) is 1.20. The molecule has 1 heterocycles. The second kappa shape index (κ2) is 2.02. The van der Waals surface area contributed by atoms with Crippen LogP contribution in [0.3, 0.4) is 0 Å². The number of aromatic nitrogens is 1. The molecule has 37 valence electrons. The van der Waals surface area contributed by atoms with Gasteiger partial charge in [-0.2, -0.15) is 4.98 Å². The Kier molecular flexibility index (Phi) is 1.36. The number of nitrogens with zero attached hydrogens (tertiary/aromatic N) is 1. The first kappa shape index (κ1) is 4.71. The van der Waals surface area contributed by atoms with Gasteiger partial charge in [0.25, 0.3) is 6.39 Å². The summed E-state index contributed by atoms with van der Waals surface area (Å²) in [6.07, 6.45) is 5.83. The third-order valence-corrected chi connectivity index (χ3v) is 1.18. The normalized spacial score (nSPS) is 9.29. The Bertz CT molecular complexity index is 126. The second-order valence-corrected chi connectivity index (χ2v) is 1.81. The van der Waals surface area contributed by atoms with E-state index >= 15 is 0 Å². The van der Waals surface area contributed by atoms with Gasteiger partial charge in [-0.05, 0) is 6.26 Å². The van der Waals surface area contributed by atoms with Gasteiger partial charge in [0.15, 0.2) is 0 Å². The van der Waals surface area contributed by atoms with E-state index in [0.29, 0.717) is 0 Å². The lowest BCUT2D eigenvalue weighted by Gasteiger charge is -1.74. The Morgan fingerprint density at radius 3 is 3.14 bits per heavy atom. The van der Waals surface area contributed by atoms with Crippen molar-refractivity contribution in [3.63, 3.8) is 0 Å². The SMILES string of the molecule is CSc1co[c]n1. The smallest absolute Gasteiger partial charge is 0.284 e. The Morgan fingerprint density at radius 2 is 2.86 bits per heavy atom. The maximum Gasteiger partial charge on any atom is 0.284 e. The lowest BCUT2D eigenvalue weighted by atomic mass is 11.0. The van der Waals surface area contributed by atoms with Crippen molar-refractivity contribution in [3.05, 3.63) is 12.7 Å². The fourth-order valence-corrected chi connectivity index (χ4v) is 0.541. The minimum absolute atomic E-state index is 0.875. The Labute approximate surface area is 45.9 Å². The summed E-state index contributed by atoms with van der Waals surface area (Å²) in [6, 6.07) is 0. The molecule has 1 rings (SSSR count). The Morgan fingerprint density at radius 1 is 2.00 bits per heavy atom. The molecule has 3 heteroatoms. The first-order chi connectivity index (χ1) is 3.43. The van der Waals surface area contributed by atoms with Crippen molar-refractivity contribution >= 4 is 11.8 Å². The van der Waals surface area contributed by atoms with Crippen LogP contribution in [0.2, 0.25) is 0 Å². The molecule has 0 spiro atoms. The fraction of sp³-hybridized carbons (Fsp3) is 0.250. The Hall–Kier alpha value is -0.440. The van der Waals surface area contributed by atoms with Crippen molar-refractivity contribution < 1.29 is 4.42 Å². The number of hydrogen-bond acceptors (Lipinski definition) is 3. The summed E-state index contributed by atoms with van der Waals surface area (Å²) in [5, 5.41) is 0.875. The van der Waals surface area contributed by atoms with Crippen LogP contribution in [0.4, 0.5) is 0 Å². The van der Waals surface area contributed by atoms with E-state index in [1.165, 1.54) is 11.8 Å². The molecule has 0 saturated carbocycles. The van der Waals surface area contributed by atoms with Crippen LogP contribution in [0.1, 0.15) is 0 Å². The predicted molar refractivity (Wildman–Crippen MR) is 27.1 cm³/mol. The number of hydrogen-bond donors (Lipinski definition) is 0. The summed E-state index contributed by atoms with van der Waals surface area (Å²) >= 11 is 1.54. The molecule has 0 aliphatic carbocycles. The average molecular weight is 114 g/mol. The van der Waals surface area contributed by atoms with Gasteiger partial charge in [0, 0.05) is 0 Å². The highest BCUT2D eigenvalue weighted by molar-refractivity contribution is 7.98. The summed E-state index contributed by atoms with van der Waals surface area (Å²) in [6.45, 7) is 0. The highest BCUT2D eigenvalue weighted by Crippen LogP contribution is 2.08. The number of thioether (sulfide) groups is 1. The minimum atomic E-state index is 0.875. The Balaban J connectivity index is 2.76. The molecule has 0 aliphatic rings.